The first-order chi connectivity index (χ1) is 8.80. The molecular formula is C14H14IO2P. The second-order valence-corrected chi connectivity index (χ2v) is 5.74. The minimum absolute atomic E-state index is 0.749. The summed E-state index contributed by atoms with van der Waals surface area (Å²) in [6, 6.07) is 17.3. The first-order valence-corrected chi connectivity index (χ1v) is 9.42. The van der Waals surface area contributed by atoms with E-state index < -0.39 is 0 Å². The Morgan fingerprint density at radius 2 is 1.67 bits per heavy atom. The van der Waals surface area contributed by atoms with E-state index in [9.17, 15) is 4.79 Å². The number of hydrogen-bond donors (Lipinski definition) is 0. The van der Waals surface area contributed by atoms with Crippen LogP contribution in [-0.4, -0.2) is 13.4 Å². The summed E-state index contributed by atoms with van der Waals surface area (Å²) < 4.78 is 4.91. The number of carbonyl (C=O) groups is 1. The van der Waals surface area contributed by atoms with E-state index in [0.717, 1.165) is 23.8 Å². The van der Waals surface area contributed by atoms with Crippen LogP contribution in [0.1, 0.15) is 10.4 Å². The molecule has 0 heterocycles. The Balaban J connectivity index is 0.000000184. The fourth-order valence-corrected chi connectivity index (χ4v) is 2.55. The van der Waals surface area contributed by atoms with E-state index in [-0.39, 0.29) is 0 Å². The van der Waals surface area contributed by atoms with Gasteiger partial charge in [0.25, 0.3) is 0 Å². The van der Waals surface area contributed by atoms with Crippen LogP contribution in [0.4, 0.5) is 0 Å². The minimum atomic E-state index is 0.749. The van der Waals surface area contributed by atoms with Crippen LogP contribution < -0.4 is 10.0 Å². The molecule has 18 heavy (non-hydrogen) atoms. The van der Waals surface area contributed by atoms with Crippen molar-refractivity contribution in [1.29, 1.82) is 0 Å². The van der Waals surface area contributed by atoms with Gasteiger partial charge in [-0.2, -0.15) is 0 Å². The monoisotopic (exact) mass is 372 g/mol. The zero-order valence-electron chi connectivity index (χ0n) is 9.97. The Hall–Kier alpha value is -0.930. The first kappa shape index (κ1) is 15.1. The predicted octanol–water partition coefficient (Wildman–Crippen LogP) is 3.85. The van der Waals surface area contributed by atoms with E-state index in [2.05, 4.69) is 22.0 Å². The van der Waals surface area contributed by atoms with Gasteiger partial charge in [-0.05, 0) is 23.7 Å². The van der Waals surface area contributed by atoms with Crippen LogP contribution in [-0.2, 0) is 0 Å². The summed E-state index contributed by atoms with van der Waals surface area (Å²) in [5, 5.41) is 1.28. The summed E-state index contributed by atoms with van der Waals surface area (Å²) in [4.78, 5) is 10.2. The number of para-hydroxylation sites is 1. The van der Waals surface area contributed by atoms with Crippen molar-refractivity contribution in [3.8, 4) is 5.75 Å². The highest BCUT2D eigenvalue weighted by Crippen LogP contribution is 2.19. The molecule has 2 rings (SSSR count). The molecule has 0 spiro atoms. The lowest BCUT2D eigenvalue weighted by Crippen LogP contribution is -1.90. The molecule has 0 aliphatic heterocycles. The smallest absolute Gasteiger partial charge is 0.150 e. The molecule has 0 aliphatic rings. The molecule has 0 saturated heterocycles. The second kappa shape index (κ2) is 9.06. The van der Waals surface area contributed by atoms with E-state index in [1.807, 2.05) is 54.6 Å². The third kappa shape index (κ3) is 5.61. The average molecular weight is 372 g/mol. The molecule has 94 valence electrons. The van der Waals surface area contributed by atoms with Crippen molar-refractivity contribution in [3.63, 3.8) is 0 Å². The van der Waals surface area contributed by atoms with Gasteiger partial charge in [-0.3, -0.25) is 4.79 Å². The molecule has 0 bridgehead atoms. The Morgan fingerprint density at radius 1 is 1.06 bits per heavy atom. The van der Waals surface area contributed by atoms with Gasteiger partial charge in [0.2, 0.25) is 0 Å². The molecule has 0 aromatic heterocycles. The van der Waals surface area contributed by atoms with Crippen LogP contribution in [0.25, 0.3) is 0 Å². The van der Waals surface area contributed by atoms with Crippen molar-refractivity contribution in [3.05, 3.63) is 60.2 Å². The molecule has 1 atom stereocenters. The van der Waals surface area contributed by atoms with Crippen molar-refractivity contribution in [2.45, 2.75) is 0 Å². The lowest BCUT2D eigenvalue weighted by Gasteiger charge is -1.93. The van der Waals surface area contributed by atoms with E-state index in [1.54, 1.807) is 7.11 Å². The fourth-order valence-electron chi connectivity index (χ4n) is 1.18. The van der Waals surface area contributed by atoms with Crippen LogP contribution in [0, 0.1) is 0 Å². The van der Waals surface area contributed by atoms with Crippen molar-refractivity contribution < 1.29 is 9.53 Å². The van der Waals surface area contributed by atoms with Crippen molar-refractivity contribution in [2.75, 3.05) is 7.11 Å². The highest BCUT2D eigenvalue weighted by atomic mass is 127. The van der Waals surface area contributed by atoms with Crippen LogP contribution >= 0.6 is 28.3 Å². The van der Waals surface area contributed by atoms with E-state index in [1.165, 1.54) is 5.30 Å². The number of methoxy groups -OCH3 is 1. The number of carbonyl (C=O) groups excluding carboxylic acids is 1. The van der Waals surface area contributed by atoms with Gasteiger partial charge in [-0.25, -0.2) is 0 Å². The normalized spacial score (nSPS) is 9.67. The summed E-state index contributed by atoms with van der Waals surface area (Å²) in [5.41, 5.74) is 0.749. The molecule has 0 amide bonds. The van der Waals surface area contributed by atoms with Crippen LogP contribution in [0.3, 0.4) is 0 Å². The van der Waals surface area contributed by atoms with E-state index in [4.69, 9.17) is 4.74 Å². The molecule has 1 unspecified atom stereocenters. The summed E-state index contributed by atoms with van der Waals surface area (Å²) in [6.07, 6.45) is 1.64. The molecular weight excluding hydrogens is 358 g/mol. The molecule has 0 radical (unpaired) electrons. The Bertz CT molecular complexity index is 457. The Kier molecular flexibility index (Phi) is 7.62. The minimum Gasteiger partial charge on any atom is -0.497 e. The quantitative estimate of drug-likeness (QED) is 0.465. The predicted molar refractivity (Wildman–Crippen MR) is 86.8 cm³/mol. The van der Waals surface area contributed by atoms with Gasteiger partial charge < -0.3 is 4.74 Å². The number of ether oxygens (including phenoxy) is 1. The third-order valence-electron chi connectivity index (χ3n) is 2.13. The Labute approximate surface area is 122 Å². The summed E-state index contributed by atoms with van der Waals surface area (Å²) in [6.45, 7) is 0. The van der Waals surface area contributed by atoms with Gasteiger partial charge in [0.05, 0.1) is 7.11 Å². The summed E-state index contributed by atoms with van der Waals surface area (Å²) in [7, 11) is 1.66. The van der Waals surface area contributed by atoms with E-state index in [0.29, 0.717) is 0 Å². The largest absolute Gasteiger partial charge is 0.497 e. The van der Waals surface area contributed by atoms with Gasteiger partial charge in [0.15, 0.2) is 0 Å². The molecule has 0 fully saturated rings. The van der Waals surface area contributed by atoms with Crippen LogP contribution in [0.2, 0.25) is 0 Å². The van der Waals surface area contributed by atoms with Crippen molar-refractivity contribution in [1.82, 2.24) is 0 Å². The molecule has 4 heteroatoms. The number of benzene rings is 2. The van der Waals surface area contributed by atoms with Crippen molar-refractivity contribution >= 4 is 39.9 Å². The van der Waals surface area contributed by atoms with Gasteiger partial charge >= 0.3 is 0 Å². The molecule has 2 aromatic carbocycles. The first-order valence-electron chi connectivity index (χ1n) is 5.31. The fraction of sp³-hybridized carbons (Fsp3) is 0.0714. The molecule has 0 N–H and O–H groups in total. The average Bonchev–Trinajstić information content (AvgIpc) is 2.49. The highest BCUT2D eigenvalue weighted by Gasteiger charge is 1.89. The third-order valence-corrected chi connectivity index (χ3v) is 4.55. The summed E-state index contributed by atoms with van der Waals surface area (Å²) in [5.74, 6) is 0.910. The molecule has 2 nitrogen and oxygen atoms in total. The number of aldehydes is 1. The van der Waals surface area contributed by atoms with Gasteiger partial charge in [0.1, 0.15) is 12.0 Å². The van der Waals surface area contributed by atoms with Crippen LogP contribution in [0.15, 0.2) is 54.6 Å². The van der Waals surface area contributed by atoms with Crippen molar-refractivity contribution in [2.24, 2.45) is 0 Å². The maximum Gasteiger partial charge on any atom is 0.150 e. The number of hydrogen-bond acceptors (Lipinski definition) is 2. The van der Waals surface area contributed by atoms with Gasteiger partial charge in [0, 0.05) is 5.56 Å². The lowest BCUT2D eigenvalue weighted by molar-refractivity contribution is 0.112. The molecule has 0 aliphatic carbocycles. The topological polar surface area (TPSA) is 26.3 Å². The molecule has 2 aromatic rings. The lowest BCUT2D eigenvalue weighted by atomic mass is 10.2. The standard InChI is InChI=1S/C7H6IOP.C7H8O/c8-10-7-3-1-6(5-9)2-4-7;1-8-7-5-3-2-4-6-7/h1-5,10H;2-6H,1H3. The molecule has 0 saturated carbocycles. The number of rotatable bonds is 3. The van der Waals surface area contributed by atoms with E-state index >= 15 is 0 Å². The summed E-state index contributed by atoms with van der Waals surface area (Å²) >= 11 is 2.32. The maximum absolute atomic E-state index is 10.2. The Morgan fingerprint density at radius 3 is 2.06 bits per heavy atom. The number of halogens is 1. The highest BCUT2D eigenvalue weighted by molar-refractivity contribution is 14.2. The van der Waals surface area contributed by atoms with Gasteiger partial charge in [-0.15, -0.1) is 0 Å². The van der Waals surface area contributed by atoms with Gasteiger partial charge in [-0.1, -0.05) is 64.5 Å². The zero-order valence-corrected chi connectivity index (χ0v) is 13.1. The maximum atomic E-state index is 10.2. The zero-order chi connectivity index (χ0) is 13.2. The SMILES string of the molecule is COc1ccccc1.O=Cc1ccc(PI)cc1. The second-order valence-electron chi connectivity index (χ2n) is 3.35. The van der Waals surface area contributed by atoms with Crippen LogP contribution in [0.5, 0.6) is 5.75 Å².